The van der Waals surface area contributed by atoms with Gasteiger partial charge in [-0.1, -0.05) is 23.7 Å². The minimum absolute atomic E-state index is 0.00529. The van der Waals surface area contributed by atoms with Crippen LogP contribution in [0.3, 0.4) is 0 Å². The molecule has 0 aromatic heterocycles. The number of likely N-dealkylation sites (N-methyl/N-ethyl adjacent to an activating group) is 1. The molecule has 8 heteroatoms. The van der Waals surface area contributed by atoms with Crippen LogP contribution in [0.1, 0.15) is 25.3 Å². The van der Waals surface area contributed by atoms with Crippen LogP contribution in [0.25, 0.3) is 0 Å². The van der Waals surface area contributed by atoms with Gasteiger partial charge in [0.05, 0.1) is 15.3 Å². The van der Waals surface area contributed by atoms with E-state index in [0.717, 1.165) is 36.6 Å². The van der Waals surface area contributed by atoms with Crippen molar-refractivity contribution in [2.45, 2.75) is 30.1 Å². The standard InChI is InChI=1S/C18H18ClFN2O3S/c1-2-21-17(23)18(9-10-18)12-3-5-13(6-4-12)22-26(24,25)14-7-8-16(20)15(19)11-14/h3-8,11,22H,2,9-10H2,1H3,(H,21,23). The fourth-order valence-corrected chi connectivity index (χ4v) is 4.15. The van der Waals surface area contributed by atoms with E-state index in [0.29, 0.717) is 12.2 Å². The molecule has 1 amide bonds. The fourth-order valence-electron chi connectivity index (χ4n) is 2.82. The van der Waals surface area contributed by atoms with E-state index in [1.807, 2.05) is 6.92 Å². The van der Waals surface area contributed by atoms with E-state index in [9.17, 15) is 17.6 Å². The smallest absolute Gasteiger partial charge is 0.261 e. The molecule has 2 N–H and O–H groups in total. The largest absolute Gasteiger partial charge is 0.356 e. The summed E-state index contributed by atoms with van der Waals surface area (Å²) < 4.78 is 40.4. The monoisotopic (exact) mass is 396 g/mol. The molecule has 0 bridgehead atoms. The van der Waals surface area contributed by atoms with Crippen molar-refractivity contribution >= 4 is 33.2 Å². The second-order valence-corrected chi connectivity index (χ2v) is 8.29. The third kappa shape index (κ3) is 3.54. The predicted molar refractivity (Wildman–Crippen MR) is 98.3 cm³/mol. The van der Waals surface area contributed by atoms with Gasteiger partial charge in [-0.2, -0.15) is 0 Å². The van der Waals surface area contributed by atoms with Gasteiger partial charge in [0, 0.05) is 12.2 Å². The van der Waals surface area contributed by atoms with Crippen molar-refractivity contribution in [3.05, 3.63) is 58.9 Å². The Morgan fingerprint density at radius 2 is 1.85 bits per heavy atom. The molecule has 0 unspecified atom stereocenters. The number of rotatable bonds is 6. The van der Waals surface area contributed by atoms with Crippen LogP contribution in [0.4, 0.5) is 10.1 Å². The zero-order valence-electron chi connectivity index (χ0n) is 14.1. The van der Waals surface area contributed by atoms with E-state index >= 15 is 0 Å². The van der Waals surface area contributed by atoms with Crippen molar-refractivity contribution in [3.8, 4) is 0 Å². The molecule has 3 rings (SSSR count). The summed E-state index contributed by atoms with van der Waals surface area (Å²) in [5.74, 6) is -0.690. The molecule has 0 atom stereocenters. The summed E-state index contributed by atoms with van der Waals surface area (Å²) in [5.41, 5.74) is 0.704. The number of benzene rings is 2. The van der Waals surface area contributed by atoms with Gasteiger partial charge in [0.2, 0.25) is 5.91 Å². The van der Waals surface area contributed by atoms with Crippen molar-refractivity contribution in [2.75, 3.05) is 11.3 Å². The molecule has 1 aliphatic carbocycles. The quantitative estimate of drug-likeness (QED) is 0.785. The van der Waals surface area contributed by atoms with E-state index in [4.69, 9.17) is 11.6 Å². The Hall–Kier alpha value is -2.12. The van der Waals surface area contributed by atoms with Crippen LogP contribution in [0.15, 0.2) is 47.4 Å². The molecule has 2 aromatic rings. The summed E-state index contributed by atoms with van der Waals surface area (Å²) in [6.07, 6.45) is 1.55. The normalized spacial score (nSPS) is 15.3. The van der Waals surface area contributed by atoms with Crippen molar-refractivity contribution in [2.24, 2.45) is 0 Å². The molecule has 0 radical (unpaired) electrons. The SMILES string of the molecule is CCNC(=O)C1(c2ccc(NS(=O)(=O)c3ccc(F)c(Cl)c3)cc2)CC1. The highest BCUT2D eigenvalue weighted by Gasteiger charge is 2.50. The Morgan fingerprint density at radius 1 is 1.19 bits per heavy atom. The lowest BCUT2D eigenvalue weighted by Gasteiger charge is -2.16. The van der Waals surface area contributed by atoms with Crippen LogP contribution in [0.5, 0.6) is 0 Å². The van der Waals surface area contributed by atoms with Crippen molar-refractivity contribution < 1.29 is 17.6 Å². The molecule has 0 saturated heterocycles. The van der Waals surface area contributed by atoms with Crippen LogP contribution in [-0.2, 0) is 20.2 Å². The lowest BCUT2D eigenvalue weighted by molar-refractivity contribution is -0.123. The molecule has 2 aromatic carbocycles. The number of hydrogen-bond donors (Lipinski definition) is 2. The number of carbonyl (C=O) groups excluding carboxylic acids is 1. The molecular weight excluding hydrogens is 379 g/mol. The van der Waals surface area contributed by atoms with E-state index in [1.54, 1.807) is 24.3 Å². The second kappa shape index (κ2) is 6.89. The maximum Gasteiger partial charge on any atom is 0.261 e. The number of anilines is 1. The van der Waals surface area contributed by atoms with Gasteiger partial charge in [-0.3, -0.25) is 9.52 Å². The summed E-state index contributed by atoms with van der Waals surface area (Å²) in [5, 5.41) is 2.57. The topological polar surface area (TPSA) is 75.3 Å². The van der Waals surface area contributed by atoms with Gasteiger partial charge in [-0.25, -0.2) is 12.8 Å². The molecule has 26 heavy (non-hydrogen) atoms. The summed E-state index contributed by atoms with van der Waals surface area (Å²) in [6.45, 7) is 2.44. The molecule has 0 aliphatic heterocycles. The number of amides is 1. The van der Waals surface area contributed by atoms with Gasteiger partial charge in [-0.05, 0) is 55.7 Å². The maximum absolute atomic E-state index is 13.2. The Balaban J connectivity index is 1.79. The minimum atomic E-state index is -3.89. The summed E-state index contributed by atoms with van der Waals surface area (Å²) in [6, 6.07) is 9.92. The van der Waals surface area contributed by atoms with Gasteiger partial charge in [0.25, 0.3) is 10.0 Å². The molecule has 1 aliphatic rings. The number of halogens is 2. The molecular formula is C18H18ClFN2O3S. The predicted octanol–water partition coefficient (Wildman–Crippen LogP) is 3.45. The Kier molecular flexibility index (Phi) is 4.94. The Labute approximate surface area is 156 Å². The van der Waals surface area contributed by atoms with Gasteiger partial charge in [0.1, 0.15) is 5.82 Å². The van der Waals surface area contributed by atoms with Crippen LogP contribution >= 0.6 is 11.6 Å². The van der Waals surface area contributed by atoms with Gasteiger partial charge >= 0.3 is 0 Å². The zero-order valence-corrected chi connectivity index (χ0v) is 15.6. The average Bonchev–Trinajstić information content (AvgIpc) is 3.40. The van der Waals surface area contributed by atoms with E-state index in [-0.39, 0.29) is 15.8 Å². The van der Waals surface area contributed by atoms with E-state index < -0.39 is 21.3 Å². The first-order valence-electron chi connectivity index (χ1n) is 8.15. The highest BCUT2D eigenvalue weighted by atomic mass is 35.5. The lowest BCUT2D eigenvalue weighted by Crippen LogP contribution is -2.34. The average molecular weight is 397 g/mol. The van der Waals surface area contributed by atoms with Crippen LogP contribution < -0.4 is 10.0 Å². The number of hydrogen-bond acceptors (Lipinski definition) is 3. The van der Waals surface area contributed by atoms with Crippen LogP contribution in [0.2, 0.25) is 5.02 Å². The molecule has 138 valence electrons. The highest BCUT2D eigenvalue weighted by Crippen LogP contribution is 2.48. The van der Waals surface area contributed by atoms with Gasteiger partial charge in [0.15, 0.2) is 0 Å². The van der Waals surface area contributed by atoms with Gasteiger partial charge in [-0.15, -0.1) is 0 Å². The van der Waals surface area contributed by atoms with Crippen molar-refractivity contribution in [3.63, 3.8) is 0 Å². The van der Waals surface area contributed by atoms with E-state index in [1.165, 1.54) is 0 Å². The van der Waals surface area contributed by atoms with Gasteiger partial charge < -0.3 is 5.32 Å². The lowest BCUT2D eigenvalue weighted by atomic mass is 9.95. The maximum atomic E-state index is 13.2. The Bertz CT molecular complexity index is 941. The molecule has 0 spiro atoms. The molecule has 5 nitrogen and oxygen atoms in total. The third-order valence-corrected chi connectivity index (χ3v) is 6.08. The van der Waals surface area contributed by atoms with Crippen molar-refractivity contribution in [1.29, 1.82) is 0 Å². The molecule has 0 heterocycles. The first kappa shape index (κ1) is 18.7. The number of carbonyl (C=O) groups is 1. The minimum Gasteiger partial charge on any atom is -0.356 e. The summed E-state index contributed by atoms with van der Waals surface area (Å²) in [4.78, 5) is 12.1. The summed E-state index contributed by atoms with van der Waals surface area (Å²) >= 11 is 5.65. The third-order valence-electron chi connectivity index (χ3n) is 4.41. The fraction of sp³-hybridized carbons (Fsp3) is 0.278. The molecule has 1 saturated carbocycles. The second-order valence-electron chi connectivity index (χ2n) is 6.20. The number of nitrogens with one attached hydrogen (secondary N) is 2. The van der Waals surface area contributed by atoms with Crippen molar-refractivity contribution in [1.82, 2.24) is 5.32 Å². The van der Waals surface area contributed by atoms with E-state index in [2.05, 4.69) is 10.0 Å². The number of sulfonamides is 1. The van der Waals surface area contributed by atoms with Crippen LogP contribution in [-0.4, -0.2) is 20.9 Å². The molecule has 1 fully saturated rings. The van der Waals surface area contributed by atoms with Crippen LogP contribution in [0, 0.1) is 5.82 Å². The Morgan fingerprint density at radius 3 is 2.38 bits per heavy atom. The summed E-state index contributed by atoms with van der Waals surface area (Å²) in [7, 11) is -3.89. The highest BCUT2D eigenvalue weighted by molar-refractivity contribution is 7.92. The zero-order chi connectivity index (χ0) is 18.9. The first-order chi connectivity index (χ1) is 12.3. The first-order valence-corrected chi connectivity index (χ1v) is 10.0.